The smallest absolute Gasteiger partial charge is 0.227 e. The van der Waals surface area contributed by atoms with Gasteiger partial charge in [0.15, 0.2) is 0 Å². The normalized spacial score (nSPS) is 15.8. The molecule has 0 bridgehead atoms. The van der Waals surface area contributed by atoms with E-state index in [1.807, 2.05) is 61.5 Å². The first-order valence-corrected chi connectivity index (χ1v) is 9.03. The quantitative estimate of drug-likeness (QED) is 0.832. The number of hydrogen-bond acceptors (Lipinski definition) is 3. The lowest BCUT2D eigenvalue weighted by atomic mass is 10.1. The number of ether oxygens (including phenoxy) is 1. The molecule has 1 aliphatic rings. The van der Waals surface area contributed by atoms with Crippen molar-refractivity contribution >= 4 is 17.5 Å². The van der Waals surface area contributed by atoms with Crippen molar-refractivity contribution in [3.63, 3.8) is 0 Å². The number of benzene rings is 2. The zero-order valence-corrected chi connectivity index (χ0v) is 15.3. The summed E-state index contributed by atoms with van der Waals surface area (Å²) < 4.78 is 5.60. The number of hydrogen-bond donors (Lipinski definition) is 1. The monoisotopic (exact) mass is 362 g/mol. The maximum Gasteiger partial charge on any atom is 0.227 e. The number of rotatable bonds is 5. The third-order valence-corrected chi connectivity index (χ3v) is 4.31. The maximum absolute atomic E-state index is 12.4. The third kappa shape index (κ3) is 4.68. The van der Waals surface area contributed by atoms with E-state index < -0.39 is 0 Å². The standard InChI is InChI=1S/C22H22N2O3/c1-2-27-20-13-7-6-12-19(20)24-16-18(15-21(24)25)22(26)23-14-8-11-17-9-4-3-5-10-17/h3-7,9-10,12-13,18H,2,14-16H2,1H3,(H,23,26). The van der Waals surface area contributed by atoms with Gasteiger partial charge in [0.05, 0.1) is 24.8 Å². The van der Waals surface area contributed by atoms with Crippen LogP contribution in [0.25, 0.3) is 0 Å². The fourth-order valence-electron chi connectivity index (χ4n) is 3.02. The molecule has 1 atom stereocenters. The van der Waals surface area contributed by atoms with Crippen molar-refractivity contribution in [2.24, 2.45) is 5.92 Å². The van der Waals surface area contributed by atoms with Crippen LogP contribution in [0.5, 0.6) is 5.75 Å². The fraction of sp³-hybridized carbons (Fsp3) is 0.273. The minimum absolute atomic E-state index is 0.0716. The molecule has 27 heavy (non-hydrogen) atoms. The highest BCUT2D eigenvalue weighted by molar-refractivity contribution is 6.01. The Morgan fingerprint density at radius 2 is 1.93 bits per heavy atom. The van der Waals surface area contributed by atoms with E-state index in [9.17, 15) is 9.59 Å². The van der Waals surface area contributed by atoms with Crippen LogP contribution >= 0.6 is 0 Å². The van der Waals surface area contributed by atoms with E-state index in [4.69, 9.17) is 4.74 Å². The summed E-state index contributed by atoms with van der Waals surface area (Å²) in [5.74, 6) is 5.98. The highest BCUT2D eigenvalue weighted by Gasteiger charge is 2.36. The SMILES string of the molecule is CCOc1ccccc1N1CC(C(=O)NCC#Cc2ccccc2)CC1=O. The molecule has 3 rings (SSSR count). The van der Waals surface area contributed by atoms with E-state index in [0.717, 1.165) is 5.56 Å². The highest BCUT2D eigenvalue weighted by Crippen LogP contribution is 2.33. The van der Waals surface area contributed by atoms with Gasteiger partial charge in [0, 0.05) is 18.5 Å². The van der Waals surface area contributed by atoms with Gasteiger partial charge in [-0.2, -0.15) is 0 Å². The first-order chi connectivity index (χ1) is 13.2. The Kier molecular flexibility index (Phi) is 6.11. The van der Waals surface area contributed by atoms with Crippen LogP contribution in [0, 0.1) is 17.8 Å². The molecule has 1 heterocycles. The van der Waals surface area contributed by atoms with E-state index in [-0.39, 0.29) is 30.7 Å². The fourth-order valence-corrected chi connectivity index (χ4v) is 3.02. The predicted molar refractivity (Wildman–Crippen MR) is 104 cm³/mol. The Balaban J connectivity index is 1.59. The van der Waals surface area contributed by atoms with E-state index in [2.05, 4.69) is 17.2 Å². The molecule has 0 spiro atoms. The van der Waals surface area contributed by atoms with Gasteiger partial charge in [0.25, 0.3) is 0 Å². The number of carbonyl (C=O) groups is 2. The Morgan fingerprint density at radius 1 is 1.19 bits per heavy atom. The molecule has 1 N–H and O–H groups in total. The van der Waals surface area contributed by atoms with E-state index in [1.165, 1.54) is 0 Å². The first-order valence-electron chi connectivity index (χ1n) is 9.03. The molecule has 0 radical (unpaired) electrons. The van der Waals surface area contributed by atoms with E-state index in [1.54, 1.807) is 4.90 Å². The summed E-state index contributed by atoms with van der Waals surface area (Å²) in [5.41, 5.74) is 1.62. The number of carbonyl (C=O) groups excluding carboxylic acids is 2. The second-order valence-corrected chi connectivity index (χ2v) is 6.19. The molecular weight excluding hydrogens is 340 g/mol. The van der Waals surface area contributed by atoms with Crippen molar-refractivity contribution in [1.82, 2.24) is 5.32 Å². The molecule has 1 unspecified atom stereocenters. The van der Waals surface area contributed by atoms with Crippen LogP contribution in [-0.2, 0) is 9.59 Å². The molecule has 0 aliphatic carbocycles. The van der Waals surface area contributed by atoms with Crippen molar-refractivity contribution < 1.29 is 14.3 Å². The van der Waals surface area contributed by atoms with Gasteiger partial charge in [-0.3, -0.25) is 9.59 Å². The van der Waals surface area contributed by atoms with Gasteiger partial charge in [-0.05, 0) is 31.2 Å². The lowest BCUT2D eigenvalue weighted by Gasteiger charge is -2.20. The van der Waals surface area contributed by atoms with Gasteiger partial charge >= 0.3 is 0 Å². The van der Waals surface area contributed by atoms with Gasteiger partial charge in [-0.1, -0.05) is 42.2 Å². The largest absolute Gasteiger partial charge is 0.492 e. The molecule has 5 nitrogen and oxygen atoms in total. The van der Waals surface area contributed by atoms with Crippen molar-refractivity contribution in [3.8, 4) is 17.6 Å². The van der Waals surface area contributed by atoms with Crippen LogP contribution in [0.1, 0.15) is 18.9 Å². The number of amides is 2. The molecule has 1 saturated heterocycles. The third-order valence-electron chi connectivity index (χ3n) is 4.31. The van der Waals surface area contributed by atoms with Gasteiger partial charge in [0.2, 0.25) is 11.8 Å². The van der Waals surface area contributed by atoms with Crippen molar-refractivity contribution in [3.05, 3.63) is 60.2 Å². The topological polar surface area (TPSA) is 58.6 Å². The number of para-hydroxylation sites is 2. The molecular formula is C22H22N2O3. The van der Waals surface area contributed by atoms with Crippen molar-refractivity contribution in [2.45, 2.75) is 13.3 Å². The molecule has 1 fully saturated rings. The molecule has 0 saturated carbocycles. The summed E-state index contributed by atoms with van der Waals surface area (Å²) in [5, 5.41) is 2.80. The molecule has 2 aromatic carbocycles. The van der Waals surface area contributed by atoms with Gasteiger partial charge in [-0.15, -0.1) is 0 Å². The second kappa shape index (κ2) is 8.91. The highest BCUT2D eigenvalue weighted by atomic mass is 16.5. The Bertz CT molecular complexity index is 868. The molecule has 1 aliphatic heterocycles. The van der Waals surface area contributed by atoms with Crippen LogP contribution in [0.15, 0.2) is 54.6 Å². The lowest BCUT2D eigenvalue weighted by Crippen LogP contribution is -2.33. The number of anilines is 1. The molecule has 0 aromatic heterocycles. The van der Waals surface area contributed by atoms with E-state index >= 15 is 0 Å². The number of nitrogens with one attached hydrogen (secondary N) is 1. The molecule has 2 aromatic rings. The lowest BCUT2D eigenvalue weighted by molar-refractivity contribution is -0.126. The van der Waals surface area contributed by atoms with Gasteiger partial charge in [-0.25, -0.2) is 0 Å². The molecule has 138 valence electrons. The zero-order valence-electron chi connectivity index (χ0n) is 15.3. The van der Waals surface area contributed by atoms with Gasteiger partial charge in [0.1, 0.15) is 5.75 Å². The Morgan fingerprint density at radius 3 is 2.70 bits per heavy atom. The second-order valence-electron chi connectivity index (χ2n) is 6.19. The molecule has 2 amide bonds. The van der Waals surface area contributed by atoms with Crippen LogP contribution in [0.3, 0.4) is 0 Å². The Labute approximate surface area is 159 Å². The number of nitrogens with zero attached hydrogens (tertiary/aromatic N) is 1. The summed E-state index contributed by atoms with van der Waals surface area (Å²) in [6.07, 6.45) is 0.193. The zero-order chi connectivity index (χ0) is 19.1. The van der Waals surface area contributed by atoms with Crippen LogP contribution in [0.4, 0.5) is 5.69 Å². The van der Waals surface area contributed by atoms with Crippen LogP contribution in [0.2, 0.25) is 0 Å². The minimum atomic E-state index is -0.384. The van der Waals surface area contributed by atoms with Crippen LogP contribution in [-0.4, -0.2) is 31.5 Å². The summed E-state index contributed by atoms with van der Waals surface area (Å²) >= 11 is 0. The summed E-state index contributed by atoms with van der Waals surface area (Å²) in [7, 11) is 0. The van der Waals surface area contributed by atoms with Gasteiger partial charge < -0.3 is 15.0 Å². The van der Waals surface area contributed by atoms with Crippen molar-refractivity contribution in [1.29, 1.82) is 0 Å². The van der Waals surface area contributed by atoms with Crippen LogP contribution < -0.4 is 15.0 Å². The summed E-state index contributed by atoms with van der Waals surface area (Å²) in [6.45, 7) is 3.02. The average Bonchev–Trinajstić information content (AvgIpc) is 3.08. The predicted octanol–water partition coefficient (Wildman–Crippen LogP) is 2.61. The van der Waals surface area contributed by atoms with Crippen molar-refractivity contribution in [2.75, 3.05) is 24.6 Å². The first kappa shape index (κ1) is 18.5. The maximum atomic E-state index is 12.4. The Hall–Kier alpha value is -3.26. The average molecular weight is 362 g/mol. The summed E-state index contributed by atoms with van der Waals surface area (Å²) in [6, 6.07) is 17.0. The molecule has 5 heteroatoms. The van der Waals surface area contributed by atoms with E-state index in [0.29, 0.717) is 24.6 Å². The summed E-state index contributed by atoms with van der Waals surface area (Å²) in [4.78, 5) is 26.5. The minimum Gasteiger partial charge on any atom is -0.492 e.